The Labute approximate surface area is 108 Å². The van der Waals surface area contributed by atoms with Gasteiger partial charge in [-0.3, -0.25) is 4.79 Å². The number of aliphatic hydroxyl groups excluding tert-OH is 1. The van der Waals surface area contributed by atoms with Gasteiger partial charge in [0, 0.05) is 18.1 Å². The predicted octanol–water partition coefficient (Wildman–Crippen LogP) is 2.65. The molecule has 0 aliphatic rings. The van der Waals surface area contributed by atoms with Crippen LogP contribution in [0.1, 0.15) is 24.3 Å². The molecule has 0 saturated carbocycles. The Morgan fingerprint density at radius 3 is 2.72 bits per heavy atom. The fourth-order valence-electron chi connectivity index (χ4n) is 1.71. The molecule has 0 fully saturated rings. The Morgan fingerprint density at radius 2 is 2.17 bits per heavy atom. The number of carbonyl (C=O) groups is 1. The molecular weight excluding hydrogens is 266 g/mol. The molecule has 1 aromatic rings. The number of hydrogen-bond acceptors (Lipinski definition) is 3. The van der Waals surface area contributed by atoms with Gasteiger partial charge in [0.1, 0.15) is 11.6 Å². The Balaban J connectivity index is 3.12. The Bertz CT molecular complexity index is 438. The summed E-state index contributed by atoms with van der Waals surface area (Å²) in [7, 11) is 1.18. The van der Waals surface area contributed by atoms with Crippen LogP contribution in [-0.4, -0.2) is 24.8 Å². The quantitative estimate of drug-likeness (QED) is 0.665. The zero-order valence-electron chi connectivity index (χ0n) is 9.75. The Kier molecular flexibility index (Phi) is 5.50. The van der Waals surface area contributed by atoms with Crippen LogP contribution >= 0.6 is 11.6 Å². The van der Waals surface area contributed by atoms with E-state index < -0.39 is 23.5 Å². The van der Waals surface area contributed by atoms with Crippen molar-refractivity contribution in [3.63, 3.8) is 0 Å². The summed E-state index contributed by atoms with van der Waals surface area (Å²) < 4.78 is 31.9. The molecule has 0 spiro atoms. The lowest BCUT2D eigenvalue weighted by atomic mass is 9.92. The number of halogens is 3. The lowest BCUT2D eigenvalue weighted by molar-refractivity contribution is -0.141. The standard InChI is InChI=1S/C12H13ClF2O3/c1-18-10(17)6-7(4-5-16)11-9(14)3-2-8(13)12(11)15/h2-3,7,16H,4-6H2,1H3. The second-order valence-electron chi connectivity index (χ2n) is 3.75. The van der Waals surface area contributed by atoms with Crippen molar-refractivity contribution in [3.8, 4) is 0 Å². The molecule has 0 bridgehead atoms. The average Bonchev–Trinajstić information content (AvgIpc) is 2.34. The first-order chi connectivity index (χ1) is 8.51. The van der Waals surface area contributed by atoms with Crippen LogP contribution in [0.3, 0.4) is 0 Å². The van der Waals surface area contributed by atoms with Crippen LogP contribution in [0.25, 0.3) is 0 Å². The number of ether oxygens (including phenoxy) is 1. The monoisotopic (exact) mass is 278 g/mol. The van der Waals surface area contributed by atoms with Crippen LogP contribution in [-0.2, 0) is 9.53 Å². The summed E-state index contributed by atoms with van der Waals surface area (Å²) in [6.07, 6.45) is -0.172. The van der Waals surface area contributed by atoms with Gasteiger partial charge in [0.05, 0.1) is 18.6 Å². The van der Waals surface area contributed by atoms with Crippen molar-refractivity contribution < 1.29 is 23.4 Å². The number of carbonyl (C=O) groups excluding carboxylic acids is 1. The maximum Gasteiger partial charge on any atom is 0.306 e. The zero-order valence-corrected chi connectivity index (χ0v) is 10.5. The third kappa shape index (κ3) is 3.40. The van der Waals surface area contributed by atoms with E-state index >= 15 is 0 Å². The van der Waals surface area contributed by atoms with Gasteiger partial charge in [-0.15, -0.1) is 0 Å². The van der Waals surface area contributed by atoms with E-state index in [1.165, 1.54) is 7.11 Å². The lowest BCUT2D eigenvalue weighted by Crippen LogP contribution is -2.13. The number of hydrogen-bond donors (Lipinski definition) is 1. The van der Waals surface area contributed by atoms with Gasteiger partial charge in [-0.05, 0) is 18.6 Å². The number of benzene rings is 1. The SMILES string of the molecule is COC(=O)CC(CCO)c1c(F)ccc(Cl)c1F. The molecule has 1 rings (SSSR count). The van der Waals surface area contributed by atoms with Crippen molar-refractivity contribution in [2.75, 3.05) is 13.7 Å². The van der Waals surface area contributed by atoms with E-state index in [2.05, 4.69) is 4.74 Å². The topological polar surface area (TPSA) is 46.5 Å². The molecule has 6 heteroatoms. The Hall–Kier alpha value is -1.20. The molecule has 0 amide bonds. The maximum absolute atomic E-state index is 13.8. The molecule has 0 radical (unpaired) electrons. The first kappa shape index (κ1) is 14.9. The van der Waals surface area contributed by atoms with Gasteiger partial charge in [-0.25, -0.2) is 8.78 Å². The van der Waals surface area contributed by atoms with Crippen LogP contribution in [0.15, 0.2) is 12.1 Å². The van der Waals surface area contributed by atoms with Gasteiger partial charge >= 0.3 is 5.97 Å². The van der Waals surface area contributed by atoms with Gasteiger partial charge < -0.3 is 9.84 Å². The normalized spacial score (nSPS) is 12.3. The molecule has 0 aromatic heterocycles. The molecule has 3 nitrogen and oxygen atoms in total. The highest BCUT2D eigenvalue weighted by Gasteiger charge is 2.24. The summed E-state index contributed by atoms with van der Waals surface area (Å²) in [6, 6.07) is 2.13. The molecular formula is C12H13ClF2O3. The van der Waals surface area contributed by atoms with Gasteiger partial charge in [-0.2, -0.15) is 0 Å². The fraction of sp³-hybridized carbons (Fsp3) is 0.417. The van der Waals surface area contributed by atoms with Gasteiger partial charge in [0.25, 0.3) is 0 Å². The van der Waals surface area contributed by atoms with E-state index in [-0.39, 0.29) is 30.0 Å². The molecule has 1 N–H and O–H groups in total. The van der Waals surface area contributed by atoms with Crippen LogP contribution in [0.2, 0.25) is 5.02 Å². The fourth-order valence-corrected chi connectivity index (χ4v) is 1.87. The van der Waals surface area contributed by atoms with E-state index in [9.17, 15) is 13.6 Å². The number of rotatable bonds is 5. The van der Waals surface area contributed by atoms with Crippen molar-refractivity contribution in [3.05, 3.63) is 34.4 Å². The summed E-state index contributed by atoms with van der Waals surface area (Å²) in [6.45, 7) is -0.299. The highest BCUT2D eigenvalue weighted by atomic mass is 35.5. The third-order valence-electron chi connectivity index (χ3n) is 2.61. The first-order valence-corrected chi connectivity index (χ1v) is 5.70. The van der Waals surface area contributed by atoms with E-state index in [1.807, 2.05) is 0 Å². The van der Waals surface area contributed by atoms with E-state index in [0.29, 0.717) is 0 Å². The molecule has 0 saturated heterocycles. The molecule has 0 aliphatic carbocycles. The van der Waals surface area contributed by atoms with Gasteiger partial charge in [-0.1, -0.05) is 11.6 Å². The zero-order chi connectivity index (χ0) is 13.7. The second kappa shape index (κ2) is 6.66. The number of methoxy groups -OCH3 is 1. The van der Waals surface area contributed by atoms with Crippen molar-refractivity contribution in [1.82, 2.24) is 0 Å². The number of aliphatic hydroxyl groups is 1. The summed E-state index contributed by atoms with van der Waals surface area (Å²) in [5.41, 5.74) is -0.290. The minimum atomic E-state index is -0.904. The second-order valence-corrected chi connectivity index (χ2v) is 4.15. The highest BCUT2D eigenvalue weighted by molar-refractivity contribution is 6.30. The first-order valence-electron chi connectivity index (χ1n) is 5.32. The van der Waals surface area contributed by atoms with E-state index in [1.54, 1.807) is 0 Å². The van der Waals surface area contributed by atoms with Crippen LogP contribution in [0.4, 0.5) is 8.78 Å². The average molecular weight is 279 g/mol. The largest absolute Gasteiger partial charge is 0.469 e. The van der Waals surface area contributed by atoms with Crippen molar-refractivity contribution in [1.29, 1.82) is 0 Å². The van der Waals surface area contributed by atoms with Crippen LogP contribution < -0.4 is 0 Å². The van der Waals surface area contributed by atoms with Crippen LogP contribution in [0.5, 0.6) is 0 Å². The summed E-state index contributed by atoms with van der Waals surface area (Å²) >= 11 is 5.58. The minimum Gasteiger partial charge on any atom is -0.469 e. The molecule has 0 heterocycles. The molecule has 1 unspecified atom stereocenters. The lowest BCUT2D eigenvalue weighted by Gasteiger charge is -2.17. The van der Waals surface area contributed by atoms with Crippen molar-refractivity contribution in [2.45, 2.75) is 18.8 Å². The summed E-state index contributed by atoms with van der Waals surface area (Å²) in [5.74, 6) is -3.10. The predicted molar refractivity (Wildman–Crippen MR) is 62.4 cm³/mol. The van der Waals surface area contributed by atoms with E-state index in [0.717, 1.165) is 12.1 Å². The smallest absolute Gasteiger partial charge is 0.306 e. The van der Waals surface area contributed by atoms with E-state index in [4.69, 9.17) is 16.7 Å². The third-order valence-corrected chi connectivity index (χ3v) is 2.90. The van der Waals surface area contributed by atoms with Gasteiger partial charge in [0.15, 0.2) is 0 Å². The van der Waals surface area contributed by atoms with Crippen molar-refractivity contribution in [2.24, 2.45) is 0 Å². The van der Waals surface area contributed by atoms with Gasteiger partial charge in [0.2, 0.25) is 0 Å². The number of esters is 1. The summed E-state index contributed by atoms with van der Waals surface area (Å²) in [4.78, 5) is 11.2. The minimum absolute atomic E-state index is 0.0449. The highest BCUT2D eigenvalue weighted by Crippen LogP contribution is 2.32. The van der Waals surface area contributed by atoms with Crippen LogP contribution in [0, 0.1) is 11.6 Å². The molecule has 1 aromatic carbocycles. The molecule has 0 aliphatic heterocycles. The molecule has 100 valence electrons. The summed E-state index contributed by atoms with van der Waals surface area (Å²) in [5, 5.41) is 8.68. The Morgan fingerprint density at radius 1 is 1.50 bits per heavy atom. The maximum atomic E-state index is 13.8. The van der Waals surface area contributed by atoms with Crippen molar-refractivity contribution >= 4 is 17.6 Å². The molecule has 18 heavy (non-hydrogen) atoms. The molecule has 1 atom stereocenters.